The summed E-state index contributed by atoms with van der Waals surface area (Å²) >= 11 is 0. The van der Waals surface area contributed by atoms with Crippen molar-refractivity contribution in [3.8, 4) is 0 Å². The molecule has 0 bridgehead atoms. The molecule has 0 unspecified atom stereocenters. The fraction of sp³-hybridized carbons (Fsp3) is 0.692. The van der Waals surface area contributed by atoms with E-state index in [4.69, 9.17) is 9.47 Å². The second kappa shape index (κ2) is 9.52. The van der Waals surface area contributed by atoms with Gasteiger partial charge in [0.1, 0.15) is 5.82 Å². The molecule has 108 valence electrons. The Labute approximate surface area is 114 Å². The molecular formula is C13H24N4O2. The first-order valence-corrected chi connectivity index (χ1v) is 6.66. The van der Waals surface area contributed by atoms with Gasteiger partial charge in [-0.1, -0.05) is 0 Å². The number of hydrogen-bond donors (Lipinski definition) is 2. The van der Waals surface area contributed by atoms with Gasteiger partial charge in [-0.05, 0) is 20.3 Å². The van der Waals surface area contributed by atoms with Crippen LogP contribution in [0.15, 0.2) is 6.07 Å². The van der Waals surface area contributed by atoms with Crippen LogP contribution in [0.4, 0.5) is 11.8 Å². The van der Waals surface area contributed by atoms with Crippen molar-refractivity contribution < 1.29 is 9.47 Å². The van der Waals surface area contributed by atoms with Crippen LogP contribution in [0, 0.1) is 6.92 Å². The van der Waals surface area contributed by atoms with Gasteiger partial charge >= 0.3 is 0 Å². The number of ether oxygens (including phenoxy) is 2. The number of nitrogens with zero attached hydrogens (tertiary/aromatic N) is 2. The minimum atomic E-state index is 0.643. The van der Waals surface area contributed by atoms with E-state index in [2.05, 4.69) is 20.6 Å². The van der Waals surface area contributed by atoms with Gasteiger partial charge in [-0.3, -0.25) is 0 Å². The minimum absolute atomic E-state index is 0.643. The Morgan fingerprint density at radius 2 is 2.00 bits per heavy atom. The summed E-state index contributed by atoms with van der Waals surface area (Å²) < 4.78 is 10.3. The van der Waals surface area contributed by atoms with Crippen molar-refractivity contribution in [2.45, 2.75) is 20.3 Å². The van der Waals surface area contributed by atoms with Gasteiger partial charge in [0.2, 0.25) is 5.95 Å². The molecule has 0 aromatic carbocycles. The third-order valence-electron chi connectivity index (χ3n) is 2.39. The SMILES string of the molecule is CCNc1nc(C)cc(NCCCOCCOC)n1. The zero-order valence-electron chi connectivity index (χ0n) is 12.0. The molecule has 1 aromatic heterocycles. The number of hydrogen-bond acceptors (Lipinski definition) is 6. The molecule has 0 radical (unpaired) electrons. The van der Waals surface area contributed by atoms with Crippen LogP contribution in [-0.2, 0) is 9.47 Å². The quantitative estimate of drug-likeness (QED) is 0.629. The number of aromatic nitrogens is 2. The molecule has 1 heterocycles. The first-order chi connectivity index (χ1) is 9.26. The molecule has 0 amide bonds. The summed E-state index contributed by atoms with van der Waals surface area (Å²) in [5.41, 5.74) is 0.949. The van der Waals surface area contributed by atoms with Gasteiger partial charge in [-0.25, -0.2) is 4.98 Å². The molecule has 0 saturated carbocycles. The monoisotopic (exact) mass is 268 g/mol. The molecule has 6 nitrogen and oxygen atoms in total. The van der Waals surface area contributed by atoms with Crippen LogP contribution in [0.1, 0.15) is 19.0 Å². The highest BCUT2D eigenvalue weighted by atomic mass is 16.5. The fourth-order valence-corrected chi connectivity index (χ4v) is 1.53. The van der Waals surface area contributed by atoms with Gasteiger partial charge < -0.3 is 20.1 Å². The maximum absolute atomic E-state index is 5.39. The fourth-order valence-electron chi connectivity index (χ4n) is 1.53. The van der Waals surface area contributed by atoms with Crippen LogP contribution < -0.4 is 10.6 Å². The summed E-state index contributed by atoms with van der Waals surface area (Å²) in [7, 11) is 1.67. The Hall–Kier alpha value is -1.40. The predicted molar refractivity (Wildman–Crippen MR) is 76.7 cm³/mol. The number of anilines is 2. The first kappa shape index (κ1) is 15.7. The van der Waals surface area contributed by atoms with Crippen molar-refractivity contribution >= 4 is 11.8 Å². The molecule has 0 aliphatic rings. The number of rotatable bonds is 10. The zero-order valence-corrected chi connectivity index (χ0v) is 12.0. The van der Waals surface area contributed by atoms with E-state index < -0.39 is 0 Å². The van der Waals surface area contributed by atoms with E-state index in [1.54, 1.807) is 7.11 Å². The average molecular weight is 268 g/mol. The summed E-state index contributed by atoms with van der Waals surface area (Å²) in [5, 5.41) is 6.39. The van der Waals surface area contributed by atoms with Crippen LogP contribution in [0.2, 0.25) is 0 Å². The predicted octanol–water partition coefficient (Wildman–Crippen LogP) is 1.68. The lowest BCUT2D eigenvalue weighted by molar-refractivity contribution is 0.0705. The van der Waals surface area contributed by atoms with Crippen molar-refractivity contribution in [3.63, 3.8) is 0 Å². The molecule has 2 N–H and O–H groups in total. The molecule has 1 aromatic rings. The van der Waals surface area contributed by atoms with Gasteiger partial charge in [0.25, 0.3) is 0 Å². The van der Waals surface area contributed by atoms with E-state index in [-0.39, 0.29) is 0 Å². The lowest BCUT2D eigenvalue weighted by atomic mass is 10.4. The topological polar surface area (TPSA) is 68.3 Å². The van der Waals surface area contributed by atoms with Crippen molar-refractivity contribution in [1.82, 2.24) is 9.97 Å². The summed E-state index contributed by atoms with van der Waals surface area (Å²) in [6, 6.07) is 1.94. The summed E-state index contributed by atoms with van der Waals surface area (Å²) in [4.78, 5) is 8.68. The van der Waals surface area contributed by atoms with E-state index in [1.165, 1.54) is 0 Å². The summed E-state index contributed by atoms with van der Waals surface area (Å²) in [5.74, 6) is 1.52. The standard InChI is InChI=1S/C13H24N4O2/c1-4-14-13-16-11(2)10-12(17-13)15-6-5-7-19-9-8-18-3/h10H,4-9H2,1-3H3,(H2,14,15,16,17). The van der Waals surface area contributed by atoms with E-state index in [0.717, 1.165) is 37.6 Å². The maximum Gasteiger partial charge on any atom is 0.224 e. The zero-order chi connectivity index (χ0) is 13.9. The number of nitrogens with one attached hydrogen (secondary N) is 2. The third-order valence-corrected chi connectivity index (χ3v) is 2.39. The second-order valence-electron chi connectivity index (χ2n) is 4.13. The Bertz CT molecular complexity index is 360. The van der Waals surface area contributed by atoms with Crippen molar-refractivity contribution in [1.29, 1.82) is 0 Å². The van der Waals surface area contributed by atoms with Crippen LogP contribution in [-0.4, -0.2) is 50.0 Å². The lowest BCUT2D eigenvalue weighted by Gasteiger charge is -2.09. The highest BCUT2D eigenvalue weighted by molar-refractivity contribution is 5.41. The van der Waals surface area contributed by atoms with Gasteiger partial charge in [0, 0.05) is 38.6 Å². The Morgan fingerprint density at radius 1 is 1.16 bits per heavy atom. The number of aryl methyl sites for hydroxylation is 1. The molecule has 0 fully saturated rings. The summed E-state index contributed by atoms with van der Waals surface area (Å²) in [6.07, 6.45) is 0.934. The van der Waals surface area contributed by atoms with Crippen LogP contribution in [0.3, 0.4) is 0 Å². The van der Waals surface area contributed by atoms with Gasteiger partial charge in [-0.15, -0.1) is 0 Å². The molecule has 6 heteroatoms. The van der Waals surface area contributed by atoms with Crippen LogP contribution >= 0.6 is 0 Å². The average Bonchev–Trinajstić information content (AvgIpc) is 2.37. The summed E-state index contributed by atoms with van der Waals surface area (Å²) in [6.45, 7) is 7.64. The van der Waals surface area contributed by atoms with E-state index >= 15 is 0 Å². The Kier molecular flexibility index (Phi) is 7.84. The van der Waals surface area contributed by atoms with Crippen LogP contribution in [0.25, 0.3) is 0 Å². The highest BCUT2D eigenvalue weighted by Crippen LogP contribution is 2.09. The van der Waals surface area contributed by atoms with E-state index in [0.29, 0.717) is 19.2 Å². The largest absolute Gasteiger partial charge is 0.382 e. The molecule has 1 rings (SSSR count). The smallest absolute Gasteiger partial charge is 0.224 e. The maximum atomic E-state index is 5.39. The molecule has 0 spiro atoms. The van der Waals surface area contributed by atoms with Gasteiger partial charge in [0.15, 0.2) is 0 Å². The van der Waals surface area contributed by atoms with E-state index in [9.17, 15) is 0 Å². The normalized spacial score (nSPS) is 10.5. The number of methoxy groups -OCH3 is 1. The molecule has 0 aliphatic carbocycles. The first-order valence-electron chi connectivity index (χ1n) is 6.66. The Morgan fingerprint density at radius 3 is 2.74 bits per heavy atom. The minimum Gasteiger partial charge on any atom is -0.382 e. The second-order valence-corrected chi connectivity index (χ2v) is 4.13. The Balaban J connectivity index is 2.25. The lowest BCUT2D eigenvalue weighted by Crippen LogP contribution is -2.11. The molecule has 19 heavy (non-hydrogen) atoms. The van der Waals surface area contributed by atoms with Gasteiger partial charge in [-0.2, -0.15) is 4.98 Å². The van der Waals surface area contributed by atoms with Crippen molar-refractivity contribution in [3.05, 3.63) is 11.8 Å². The molecule has 0 aliphatic heterocycles. The highest BCUT2D eigenvalue weighted by Gasteiger charge is 2.00. The van der Waals surface area contributed by atoms with Crippen molar-refractivity contribution in [2.24, 2.45) is 0 Å². The molecular weight excluding hydrogens is 244 g/mol. The van der Waals surface area contributed by atoms with Crippen LogP contribution in [0.5, 0.6) is 0 Å². The van der Waals surface area contributed by atoms with Gasteiger partial charge in [0.05, 0.1) is 13.2 Å². The van der Waals surface area contributed by atoms with E-state index in [1.807, 2.05) is 19.9 Å². The molecule has 0 atom stereocenters. The molecule has 0 saturated heterocycles. The third kappa shape index (κ3) is 6.93. The van der Waals surface area contributed by atoms with Crippen molar-refractivity contribution in [2.75, 3.05) is 50.7 Å².